The molecule has 0 amide bonds. The zero-order valence-electron chi connectivity index (χ0n) is 18.9. The van der Waals surface area contributed by atoms with Crippen LogP contribution in [0.25, 0.3) is 0 Å². The van der Waals surface area contributed by atoms with Crippen molar-refractivity contribution in [2.45, 2.75) is 83.1 Å². The van der Waals surface area contributed by atoms with Gasteiger partial charge in [0.2, 0.25) is 0 Å². The highest BCUT2D eigenvalue weighted by Gasteiger charge is 2.58. The van der Waals surface area contributed by atoms with Crippen molar-refractivity contribution < 1.29 is 17.4 Å². The van der Waals surface area contributed by atoms with Gasteiger partial charge in [0.1, 0.15) is 5.78 Å². The van der Waals surface area contributed by atoms with Crippen molar-refractivity contribution in [2.75, 3.05) is 0 Å². The molecule has 168 valence electrons. The molecule has 0 saturated heterocycles. The summed E-state index contributed by atoms with van der Waals surface area (Å²) in [4.78, 5) is 12.8. The Kier molecular flexibility index (Phi) is 5.02. The van der Waals surface area contributed by atoms with E-state index in [1.54, 1.807) is 12.1 Å². The molecule has 0 unspecified atom stereocenters. The molecule has 5 rings (SSSR count). The number of benzene rings is 1. The maximum atomic E-state index is 12.8. The summed E-state index contributed by atoms with van der Waals surface area (Å²) in [6.07, 6.45) is 9.49. The molecule has 3 fully saturated rings. The van der Waals surface area contributed by atoms with Gasteiger partial charge in [-0.3, -0.25) is 8.98 Å². The van der Waals surface area contributed by atoms with Crippen LogP contribution in [0.2, 0.25) is 0 Å². The third-order valence-electron chi connectivity index (χ3n) is 9.34. The van der Waals surface area contributed by atoms with Crippen molar-refractivity contribution in [3.05, 3.63) is 41.5 Å². The van der Waals surface area contributed by atoms with Gasteiger partial charge in [-0.1, -0.05) is 43.2 Å². The third kappa shape index (κ3) is 3.34. The molecule has 6 atom stereocenters. The first kappa shape index (κ1) is 21.4. The minimum Gasteiger partial charge on any atom is -0.299 e. The molecule has 0 aromatic heterocycles. The Labute approximate surface area is 186 Å². The van der Waals surface area contributed by atoms with Gasteiger partial charge in [0.25, 0.3) is 10.1 Å². The summed E-state index contributed by atoms with van der Waals surface area (Å²) in [6, 6.07) is 6.87. The van der Waals surface area contributed by atoms with E-state index >= 15 is 0 Å². The van der Waals surface area contributed by atoms with Crippen LogP contribution in [0.15, 0.2) is 40.8 Å². The van der Waals surface area contributed by atoms with Crippen molar-refractivity contribution in [3.8, 4) is 0 Å². The predicted molar refractivity (Wildman–Crippen MR) is 120 cm³/mol. The predicted octanol–water partition coefficient (Wildman–Crippen LogP) is 5.60. The molecule has 0 spiro atoms. The van der Waals surface area contributed by atoms with Crippen LogP contribution in [0.4, 0.5) is 0 Å². The van der Waals surface area contributed by atoms with Crippen LogP contribution in [0.5, 0.6) is 0 Å². The zero-order valence-corrected chi connectivity index (χ0v) is 19.7. The molecule has 1 aromatic rings. The molecular weight excluding hydrogens is 408 g/mol. The van der Waals surface area contributed by atoms with Gasteiger partial charge < -0.3 is 0 Å². The molecule has 4 aliphatic rings. The Bertz CT molecular complexity index is 1020. The summed E-state index contributed by atoms with van der Waals surface area (Å²) in [5.41, 5.74) is 2.42. The second kappa shape index (κ2) is 7.28. The monoisotopic (exact) mass is 442 g/mol. The Morgan fingerprint density at radius 1 is 0.968 bits per heavy atom. The Hall–Kier alpha value is -1.46. The van der Waals surface area contributed by atoms with Crippen molar-refractivity contribution in [2.24, 2.45) is 28.6 Å². The number of fused-ring (bicyclic) bond motifs is 5. The van der Waals surface area contributed by atoms with E-state index in [-0.39, 0.29) is 21.8 Å². The Morgan fingerprint density at radius 3 is 2.39 bits per heavy atom. The van der Waals surface area contributed by atoms with E-state index in [2.05, 4.69) is 19.9 Å². The Balaban J connectivity index is 1.34. The van der Waals surface area contributed by atoms with Crippen LogP contribution in [-0.2, 0) is 19.1 Å². The maximum absolute atomic E-state index is 12.8. The van der Waals surface area contributed by atoms with Crippen molar-refractivity contribution in [3.63, 3.8) is 0 Å². The zero-order chi connectivity index (χ0) is 22.0. The summed E-state index contributed by atoms with van der Waals surface area (Å²) in [6.45, 7) is 6.54. The fourth-order valence-corrected chi connectivity index (χ4v) is 8.52. The quantitative estimate of drug-likeness (QED) is 0.451. The molecule has 3 saturated carbocycles. The van der Waals surface area contributed by atoms with Crippen molar-refractivity contribution in [1.29, 1.82) is 0 Å². The van der Waals surface area contributed by atoms with Crippen LogP contribution in [0, 0.1) is 35.5 Å². The molecule has 0 heterocycles. The molecule has 4 nitrogen and oxygen atoms in total. The van der Waals surface area contributed by atoms with Gasteiger partial charge in [-0.25, -0.2) is 0 Å². The number of carbonyl (C=O) groups is 1. The maximum Gasteiger partial charge on any atom is 0.297 e. The number of allylic oxidation sites excluding steroid dienone is 1. The lowest BCUT2D eigenvalue weighted by atomic mass is 9.48. The van der Waals surface area contributed by atoms with Gasteiger partial charge in [-0.05, 0) is 87.2 Å². The summed E-state index contributed by atoms with van der Waals surface area (Å²) in [7, 11) is -3.75. The number of aryl methyl sites for hydroxylation is 1. The first-order valence-corrected chi connectivity index (χ1v) is 13.3. The van der Waals surface area contributed by atoms with E-state index in [9.17, 15) is 13.2 Å². The number of ketones is 1. The molecule has 0 bridgehead atoms. The number of carbonyl (C=O) groups excluding carboxylic acids is 1. The first-order chi connectivity index (χ1) is 14.6. The largest absolute Gasteiger partial charge is 0.299 e. The van der Waals surface area contributed by atoms with Crippen LogP contribution < -0.4 is 0 Å². The molecule has 4 aliphatic carbocycles. The standard InChI is InChI=1S/C26H34O4S/c1-17-4-7-20(8-5-17)31(28,29)30-19-12-14-25(2)18(16-19)6-9-21-22-10-11-24(27)26(22,3)15-13-23(21)25/h4-8,19,21-23H,9-16H2,1-3H3/t19-,21-,22-,23-,25+,26+/m1/s1. The lowest BCUT2D eigenvalue weighted by Gasteiger charge is -2.56. The smallest absolute Gasteiger partial charge is 0.297 e. The van der Waals surface area contributed by atoms with Crippen LogP contribution >= 0.6 is 0 Å². The summed E-state index contributed by atoms with van der Waals surface area (Å²) in [5, 5.41) is 0. The summed E-state index contributed by atoms with van der Waals surface area (Å²) < 4.78 is 31.3. The molecule has 0 radical (unpaired) electrons. The van der Waals surface area contributed by atoms with Crippen LogP contribution in [-0.4, -0.2) is 20.3 Å². The molecule has 5 heteroatoms. The van der Waals surface area contributed by atoms with Gasteiger partial charge in [-0.2, -0.15) is 8.42 Å². The molecular formula is C26H34O4S. The number of hydrogen-bond acceptors (Lipinski definition) is 4. The fourth-order valence-electron chi connectivity index (χ4n) is 7.42. The van der Waals surface area contributed by atoms with Crippen LogP contribution in [0.1, 0.15) is 70.8 Å². The SMILES string of the molecule is Cc1ccc(S(=O)(=O)O[C@@H]2CC[C@@]3(C)C(=CC[C@H]4[C@H]3CC[C@]3(C)C(=O)CC[C@H]43)C2)cc1. The van der Waals surface area contributed by atoms with E-state index in [0.29, 0.717) is 30.0 Å². The van der Waals surface area contributed by atoms with E-state index in [1.165, 1.54) is 5.57 Å². The van der Waals surface area contributed by atoms with Gasteiger partial charge in [0.15, 0.2) is 0 Å². The highest BCUT2D eigenvalue weighted by molar-refractivity contribution is 7.86. The minimum atomic E-state index is -3.75. The lowest BCUT2D eigenvalue weighted by Crippen LogP contribution is -2.50. The highest BCUT2D eigenvalue weighted by atomic mass is 32.2. The molecule has 31 heavy (non-hydrogen) atoms. The van der Waals surface area contributed by atoms with E-state index < -0.39 is 10.1 Å². The Morgan fingerprint density at radius 2 is 1.65 bits per heavy atom. The van der Waals surface area contributed by atoms with Crippen molar-refractivity contribution in [1.82, 2.24) is 0 Å². The van der Waals surface area contributed by atoms with E-state index in [0.717, 1.165) is 50.5 Å². The molecule has 1 aromatic carbocycles. The number of rotatable bonds is 3. The fraction of sp³-hybridized carbons (Fsp3) is 0.654. The average molecular weight is 443 g/mol. The third-order valence-corrected chi connectivity index (χ3v) is 10.7. The van der Waals surface area contributed by atoms with Crippen LogP contribution in [0.3, 0.4) is 0 Å². The van der Waals surface area contributed by atoms with Gasteiger partial charge in [0, 0.05) is 11.8 Å². The number of Topliss-reactive ketones (excluding diaryl/α,β-unsaturated/α-hetero) is 1. The first-order valence-electron chi connectivity index (χ1n) is 11.9. The van der Waals surface area contributed by atoms with E-state index in [1.807, 2.05) is 19.1 Å². The lowest BCUT2D eigenvalue weighted by molar-refractivity contribution is -0.131. The van der Waals surface area contributed by atoms with Gasteiger partial charge in [-0.15, -0.1) is 0 Å². The van der Waals surface area contributed by atoms with E-state index in [4.69, 9.17) is 4.18 Å². The second-order valence-corrected chi connectivity index (χ2v) is 12.5. The normalized spacial score (nSPS) is 40.0. The topological polar surface area (TPSA) is 60.4 Å². The summed E-state index contributed by atoms with van der Waals surface area (Å²) >= 11 is 0. The van der Waals surface area contributed by atoms with Gasteiger partial charge >= 0.3 is 0 Å². The summed E-state index contributed by atoms with van der Waals surface area (Å²) in [5.74, 6) is 2.19. The minimum absolute atomic E-state index is 0.106. The van der Waals surface area contributed by atoms with Gasteiger partial charge in [0.05, 0.1) is 11.0 Å². The molecule has 0 aliphatic heterocycles. The average Bonchev–Trinajstić information content (AvgIpc) is 3.03. The number of hydrogen-bond donors (Lipinski definition) is 0. The highest BCUT2D eigenvalue weighted by Crippen LogP contribution is 2.64. The van der Waals surface area contributed by atoms with Crippen molar-refractivity contribution >= 4 is 15.9 Å². The molecule has 0 N–H and O–H groups in total. The second-order valence-electron chi connectivity index (χ2n) is 10.9.